The molecule has 0 radical (unpaired) electrons. The minimum Gasteiger partial charge on any atom is -0.454 e. The Morgan fingerprint density at radius 1 is 0.531 bits per heavy atom. The first-order valence-electron chi connectivity index (χ1n) is 22.0. The summed E-state index contributed by atoms with van der Waals surface area (Å²) in [5, 5.41) is 9.36. The van der Waals surface area contributed by atoms with Crippen molar-refractivity contribution < 1.29 is 4.42 Å². The van der Waals surface area contributed by atoms with E-state index >= 15 is 0 Å². The molecule has 0 spiro atoms. The zero-order valence-electron chi connectivity index (χ0n) is 35.0. The molecule has 64 heavy (non-hydrogen) atoms. The van der Waals surface area contributed by atoms with E-state index in [2.05, 4.69) is 206 Å². The molecule has 13 rings (SSSR count). The zero-order chi connectivity index (χ0) is 42.3. The highest BCUT2D eigenvalue weighted by atomic mass is 32.1. The maximum absolute atomic E-state index is 7.04. The summed E-state index contributed by atoms with van der Waals surface area (Å²) in [4.78, 5) is 11.4. The van der Waals surface area contributed by atoms with Crippen molar-refractivity contribution in [2.24, 2.45) is 15.9 Å². The summed E-state index contributed by atoms with van der Waals surface area (Å²) in [5.41, 5.74) is 12.3. The van der Waals surface area contributed by atoms with Crippen molar-refractivity contribution in [3.63, 3.8) is 0 Å². The Kier molecular flexibility index (Phi) is 8.40. The van der Waals surface area contributed by atoms with Crippen LogP contribution >= 0.6 is 11.3 Å². The number of allylic oxidation sites excluding steroid dienone is 1. The van der Waals surface area contributed by atoms with Gasteiger partial charge in [0, 0.05) is 58.8 Å². The van der Waals surface area contributed by atoms with Crippen LogP contribution in [0.3, 0.4) is 0 Å². The van der Waals surface area contributed by atoms with Crippen LogP contribution in [-0.2, 0) is 0 Å². The molecule has 0 N–H and O–H groups in total. The number of aliphatic imine (C=N–C) groups is 2. The van der Waals surface area contributed by atoms with Gasteiger partial charge in [0.25, 0.3) is 0 Å². The van der Waals surface area contributed by atoms with Gasteiger partial charge >= 0.3 is 0 Å². The smallest absolute Gasteiger partial charge is 0.160 e. The minimum absolute atomic E-state index is 0.0939. The standard InChI is InChI=1S/C59H39N3OS/c1-36-29-31-49(45-25-14-24-44-43-22-9-12-28-54(43)64-58(44)45)60-59(61-56(36)41-20-13-19-38(33-41)37-15-3-2-4-16-37)47-30-32-51(57-55(47)46-23-8-11-27-53(46)63-57)62-50-26-10-7-21-42(50)48-34-39-17-5-6-18-40(39)35-52(48)62/h2-28,30-36H,29H2,1H3/b49-31+,60-59-,61-56+. The van der Waals surface area contributed by atoms with Gasteiger partial charge in [0.05, 0.1) is 28.1 Å². The van der Waals surface area contributed by atoms with Gasteiger partial charge in [0.2, 0.25) is 0 Å². The number of rotatable bonds is 5. The second-order valence-corrected chi connectivity index (χ2v) is 17.9. The molecule has 0 aliphatic carbocycles. The quantitative estimate of drug-likeness (QED) is 0.170. The number of para-hydroxylation sites is 2. The molecular weight excluding hydrogens is 799 g/mol. The van der Waals surface area contributed by atoms with Crippen LogP contribution in [0.1, 0.15) is 30.0 Å². The Hall–Kier alpha value is -7.86. The monoisotopic (exact) mass is 837 g/mol. The van der Waals surface area contributed by atoms with Crippen molar-refractivity contribution in [2.45, 2.75) is 13.3 Å². The van der Waals surface area contributed by atoms with Gasteiger partial charge in [-0.3, -0.25) is 0 Å². The molecule has 0 fully saturated rings. The number of hydrogen-bond acceptors (Lipinski definition) is 4. The highest BCUT2D eigenvalue weighted by Crippen LogP contribution is 2.43. The Balaban J connectivity index is 1.09. The Morgan fingerprint density at radius 3 is 2.12 bits per heavy atom. The van der Waals surface area contributed by atoms with Crippen molar-refractivity contribution in [3.05, 3.63) is 217 Å². The summed E-state index contributed by atoms with van der Waals surface area (Å²) in [6.07, 6.45) is 3.12. The SMILES string of the molecule is CC1C/C=C(c2cccc3c2sc2ccccc23)/N=C(c2ccc(-n3c4ccccc4c4cc5ccccc5cc43)c3oc4ccccc4c23)\N=C/1c1cccc(-c2ccccc2)c1. The molecule has 0 saturated heterocycles. The second kappa shape index (κ2) is 14.6. The summed E-state index contributed by atoms with van der Waals surface area (Å²) in [7, 11) is 0. The predicted octanol–water partition coefficient (Wildman–Crippen LogP) is 16.2. The van der Waals surface area contributed by atoms with Gasteiger partial charge in [-0.1, -0.05) is 159 Å². The largest absolute Gasteiger partial charge is 0.454 e. The van der Waals surface area contributed by atoms with Crippen LogP contribution in [0.4, 0.5) is 0 Å². The van der Waals surface area contributed by atoms with Crippen LogP contribution in [0.5, 0.6) is 0 Å². The van der Waals surface area contributed by atoms with E-state index in [1.165, 1.54) is 47.3 Å². The Morgan fingerprint density at radius 2 is 1.23 bits per heavy atom. The first kappa shape index (κ1) is 36.8. The third kappa shape index (κ3) is 5.82. The van der Waals surface area contributed by atoms with Gasteiger partial charge < -0.3 is 8.98 Å². The van der Waals surface area contributed by atoms with E-state index in [0.717, 1.165) is 78.7 Å². The molecule has 302 valence electrons. The van der Waals surface area contributed by atoms with Gasteiger partial charge in [-0.05, 0) is 82.4 Å². The lowest BCUT2D eigenvalue weighted by Crippen LogP contribution is -2.17. The minimum atomic E-state index is 0.0939. The molecular formula is C59H39N3OS. The number of nitrogens with zero attached hydrogens (tertiary/aromatic N) is 3. The van der Waals surface area contributed by atoms with Crippen LogP contribution in [0.25, 0.3) is 97.2 Å². The van der Waals surface area contributed by atoms with E-state index in [-0.39, 0.29) is 5.92 Å². The van der Waals surface area contributed by atoms with Crippen LogP contribution in [0.15, 0.2) is 215 Å². The lowest BCUT2D eigenvalue weighted by atomic mass is 9.91. The van der Waals surface area contributed by atoms with E-state index in [1.807, 2.05) is 17.4 Å². The van der Waals surface area contributed by atoms with E-state index in [1.54, 1.807) is 0 Å². The molecule has 4 heterocycles. The topological polar surface area (TPSA) is 42.8 Å². The molecule has 3 aromatic heterocycles. The number of thiophene rings is 1. The zero-order valence-corrected chi connectivity index (χ0v) is 35.8. The van der Waals surface area contributed by atoms with Gasteiger partial charge in [0.1, 0.15) is 5.58 Å². The number of aromatic nitrogens is 1. The molecule has 0 amide bonds. The highest BCUT2D eigenvalue weighted by Gasteiger charge is 2.25. The molecule has 4 nitrogen and oxygen atoms in total. The third-order valence-corrected chi connectivity index (χ3v) is 14.3. The van der Waals surface area contributed by atoms with Crippen molar-refractivity contribution in [1.82, 2.24) is 4.57 Å². The van der Waals surface area contributed by atoms with Crippen molar-refractivity contribution in [2.75, 3.05) is 0 Å². The molecule has 1 aliphatic heterocycles. The predicted molar refractivity (Wildman–Crippen MR) is 272 cm³/mol. The first-order valence-corrected chi connectivity index (χ1v) is 22.8. The number of furan rings is 1. The molecule has 0 bridgehead atoms. The number of hydrogen-bond donors (Lipinski definition) is 0. The molecule has 12 aromatic rings. The maximum atomic E-state index is 7.04. The Labute approximate surface area is 373 Å². The fourth-order valence-electron chi connectivity index (χ4n) is 9.98. The average molecular weight is 838 g/mol. The van der Waals surface area contributed by atoms with Crippen molar-refractivity contribution in [3.8, 4) is 16.8 Å². The van der Waals surface area contributed by atoms with Crippen LogP contribution in [-0.4, -0.2) is 16.1 Å². The number of amidine groups is 1. The van der Waals surface area contributed by atoms with Crippen LogP contribution in [0, 0.1) is 5.92 Å². The van der Waals surface area contributed by atoms with Crippen molar-refractivity contribution in [1.29, 1.82) is 0 Å². The normalized spacial score (nSPS) is 17.1. The molecule has 1 unspecified atom stereocenters. The summed E-state index contributed by atoms with van der Waals surface area (Å²) < 4.78 is 11.9. The van der Waals surface area contributed by atoms with Crippen LogP contribution in [0.2, 0.25) is 0 Å². The van der Waals surface area contributed by atoms with Gasteiger partial charge in [-0.25, -0.2) is 9.98 Å². The fourth-order valence-corrected chi connectivity index (χ4v) is 11.2. The third-order valence-electron chi connectivity index (χ3n) is 13.1. The fraction of sp³-hybridized carbons (Fsp3) is 0.0508. The van der Waals surface area contributed by atoms with Crippen LogP contribution < -0.4 is 0 Å². The lowest BCUT2D eigenvalue weighted by molar-refractivity contribution is 0.666. The Bertz CT molecular complexity index is 3950. The average Bonchev–Trinajstić information content (AvgIpc) is 4.03. The highest BCUT2D eigenvalue weighted by molar-refractivity contribution is 7.26. The van der Waals surface area contributed by atoms with E-state index < -0.39 is 0 Å². The molecule has 0 saturated carbocycles. The second-order valence-electron chi connectivity index (χ2n) is 16.9. The summed E-state index contributed by atoms with van der Waals surface area (Å²) >= 11 is 1.83. The summed E-state index contributed by atoms with van der Waals surface area (Å²) in [6.45, 7) is 2.29. The first-order chi connectivity index (χ1) is 31.6. The molecule has 9 aromatic carbocycles. The van der Waals surface area contributed by atoms with Gasteiger partial charge in [-0.2, -0.15) is 0 Å². The lowest BCUT2D eigenvalue weighted by Gasteiger charge is -2.20. The molecule has 5 heteroatoms. The molecule has 1 atom stereocenters. The number of fused-ring (bicyclic) bond motifs is 10. The van der Waals surface area contributed by atoms with E-state index in [4.69, 9.17) is 14.4 Å². The molecule has 1 aliphatic rings. The summed E-state index contributed by atoms with van der Waals surface area (Å²) in [5.74, 6) is 0.753. The van der Waals surface area contributed by atoms with E-state index in [0.29, 0.717) is 5.84 Å². The summed E-state index contributed by atoms with van der Waals surface area (Å²) in [6, 6.07) is 69.5. The van der Waals surface area contributed by atoms with Gasteiger partial charge in [-0.15, -0.1) is 11.3 Å². The van der Waals surface area contributed by atoms with Crippen molar-refractivity contribution >= 4 is 103 Å². The van der Waals surface area contributed by atoms with E-state index in [9.17, 15) is 0 Å². The maximum Gasteiger partial charge on any atom is 0.160 e. The number of benzene rings is 9. The van der Waals surface area contributed by atoms with Gasteiger partial charge in [0.15, 0.2) is 11.4 Å².